The highest BCUT2D eigenvalue weighted by molar-refractivity contribution is 7.87. The molecular formula is C27H25NO7S. The number of benzene rings is 3. The molecule has 1 aliphatic heterocycles. The van der Waals surface area contributed by atoms with Crippen molar-refractivity contribution in [1.82, 2.24) is 0 Å². The first-order valence-electron chi connectivity index (χ1n) is 11.3. The Morgan fingerprint density at radius 3 is 2.42 bits per heavy atom. The van der Waals surface area contributed by atoms with Crippen LogP contribution in [0.2, 0.25) is 0 Å². The van der Waals surface area contributed by atoms with Crippen molar-refractivity contribution in [2.45, 2.75) is 24.7 Å². The Hall–Kier alpha value is -4.11. The quantitative estimate of drug-likeness (QED) is 0.165. The molecule has 3 aromatic rings. The van der Waals surface area contributed by atoms with Crippen LogP contribution in [0.3, 0.4) is 0 Å². The van der Waals surface area contributed by atoms with Crippen molar-refractivity contribution in [3.63, 3.8) is 0 Å². The predicted molar refractivity (Wildman–Crippen MR) is 135 cm³/mol. The molecule has 0 fully saturated rings. The van der Waals surface area contributed by atoms with Gasteiger partial charge in [0.15, 0.2) is 17.2 Å². The lowest BCUT2D eigenvalue weighted by atomic mass is 10.1. The van der Waals surface area contributed by atoms with Gasteiger partial charge in [0.25, 0.3) is 0 Å². The number of hydrogen-bond donors (Lipinski definition) is 0. The molecule has 0 atom stereocenters. The molecule has 0 aliphatic carbocycles. The standard InChI is InChI=1S/C27H25NO7S/c1-3-4-16-33-21-13-11-20(12-14-21)26-28-23(27(29)34-26)17-19-10-15-24(25(18-19)32-2)35-36(30,31)22-8-6-5-7-9-22/h5-15,17-18H,3-4,16H2,1-2H3/b23-17-. The molecule has 36 heavy (non-hydrogen) atoms. The van der Waals surface area contributed by atoms with E-state index in [0.29, 0.717) is 17.7 Å². The first-order valence-corrected chi connectivity index (χ1v) is 12.7. The Bertz CT molecular complexity index is 1400. The summed E-state index contributed by atoms with van der Waals surface area (Å²) in [5.41, 5.74) is 1.29. The number of carbonyl (C=O) groups is 1. The lowest BCUT2D eigenvalue weighted by Crippen LogP contribution is -2.10. The number of nitrogens with zero attached hydrogens (tertiary/aromatic N) is 1. The smallest absolute Gasteiger partial charge is 0.363 e. The normalized spacial score (nSPS) is 14.3. The molecule has 0 saturated heterocycles. The van der Waals surface area contributed by atoms with E-state index in [1.54, 1.807) is 54.6 Å². The summed E-state index contributed by atoms with van der Waals surface area (Å²) in [7, 11) is -2.65. The molecule has 3 aromatic carbocycles. The second-order valence-corrected chi connectivity index (χ2v) is 9.37. The highest BCUT2D eigenvalue weighted by Crippen LogP contribution is 2.32. The Balaban J connectivity index is 1.52. The van der Waals surface area contributed by atoms with Crippen molar-refractivity contribution in [1.29, 1.82) is 0 Å². The van der Waals surface area contributed by atoms with Gasteiger partial charge >= 0.3 is 16.1 Å². The molecule has 186 valence electrons. The van der Waals surface area contributed by atoms with Crippen molar-refractivity contribution in [3.05, 3.63) is 89.6 Å². The summed E-state index contributed by atoms with van der Waals surface area (Å²) in [6, 6.07) is 19.5. The van der Waals surface area contributed by atoms with Crippen LogP contribution in [0.5, 0.6) is 17.2 Å². The summed E-state index contributed by atoms with van der Waals surface area (Å²) in [6.07, 6.45) is 3.55. The number of aliphatic imine (C=N–C) groups is 1. The first-order chi connectivity index (χ1) is 17.4. The molecule has 0 aromatic heterocycles. The SMILES string of the molecule is CCCCOc1ccc(C2=N/C(=C\c3ccc(OS(=O)(=O)c4ccccc4)c(OC)c3)C(=O)O2)cc1. The largest absolute Gasteiger partial charge is 0.494 e. The predicted octanol–water partition coefficient (Wildman–Crippen LogP) is 4.99. The molecule has 1 heterocycles. The van der Waals surface area contributed by atoms with Gasteiger partial charge in [-0.05, 0) is 66.6 Å². The van der Waals surface area contributed by atoms with Crippen LogP contribution in [0.15, 0.2) is 88.4 Å². The van der Waals surface area contributed by atoms with Crippen LogP contribution in [0.1, 0.15) is 30.9 Å². The van der Waals surface area contributed by atoms with E-state index in [0.717, 1.165) is 18.6 Å². The maximum absolute atomic E-state index is 12.6. The summed E-state index contributed by atoms with van der Waals surface area (Å²) in [5, 5.41) is 0. The van der Waals surface area contributed by atoms with Crippen molar-refractivity contribution < 1.29 is 31.6 Å². The van der Waals surface area contributed by atoms with E-state index < -0.39 is 16.1 Å². The highest BCUT2D eigenvalue weighted by Gasteiger charge is 2.25. The topological polar surface area (TPSA) is 100 Å². The third kappa shape index (κ3) is 5.92. The van der Waals surface area contributed by atoms with E-state index in [1.165, 1.54) is 31.4 Å². The van der Waals surface area contributed by atoms with E-state index in [9.17, 15) is 13.2 Å². The fourth-order valence-electron chi connectivity index (χ4n) is 3.31. The Morgan fingerprint density at radius 1 is 0.972 bits per heavy atom. The number of carbonyl (C=O) groups excluding carboxylic acids is 1. The van der Waals surface area contributed by atoms with Crippen LogP contribution in [-0.4, -0.2) is 34.0 Å². The molecule has 0 radical (unpaired) electrons. The second-order valence-electron chi connectivity index (χ2n) is 7.82. The van der Waals surface area contributed by atoms with Crippen LogP contribution in [0, 0.1) is 0 Å². The van der Waals surface area contributed by atoms with Crippen molar-refractivity contribution in [3.8, 4) is 17.2 Å². The van der Waals surface area contributed by atoms with Crippen LogP contribution in [0.25, 0.3) is 6.08 Å². The third-order valence-corrected chi connectivity index (χ3v) is 6.46. The molecule has 8 nitrogen and oxygen atoms in total. The zero-order valence-electron chi connectivity index (χ0n) is 19.8. The average molecular weight is 508 g/mol. The van der Waals surface area contributed by atoms with Gasteiger partial charge in [-0.3, -0.25) is 0 Å². The minimum Gasteiger partial charge on any atom is -0.494 e. The van der Waals surface area contributed by atoms with Gasteiger partial charge in [-0.1, -0.05) is 37.6 Å². The lowest BCUT2D eigenvalue weighted by molar-refractivity contribution is -0.129. The fourth-order valence-corrected chi connectivity index (χ4v) is 4.28. The van der Waals surface area contributed by atoms with Gasteiger partial charge < -0.3 is 18.4 Å². The monoisotopic (exact) mass is 507 g/mol. The van der Waals surface area contributed by atoms with Gasteiger partial charge in [-0.2, -0.15) is 8.42 Å². The number of rotatable bonds is 10. The van der Waals surface area contributed by atoms with Crippen LogP contribution >= 0.6 is 0 Å². The summed E-state index contributed by atoms with van der Waals surface area (Å²) in [4.78, 5) is 16.7. The van der Waals surface area contributed by atoms with Crippen LogP contribution in [-0.2, 0) is 19.6 Å². The minimum absolute atomic E-state index is 0.0166. The number of ether oxygens (including phenoxy) is 3. The number of cyclic esters (lactones) is 1. The zero-order valence-corrected chi connectivity index (χ0v) is 20.7. The number of unbranched alkanes of at least 4 members (excludes halogenated alkanes) is 1. The van der Waals surface area contributed by atoms with Crippen LogP contribution in [0.4, 0.5) is 0 Å². The van der Waals surface area contributed by atoms with Gasteiger partial charge in [0.2, 0.25) is 5.90 Å². The molecule has 9 heteroatoms. The molecule has 0 unspecified atom stereocenters. The Morgan fingerprint density at radius 2 is 1.72 bits per heavy atom. The fraction of sp³-hybridized carbons (Fsp3) is 0.185. The van der Waals surface area contributed by atoms with Gasteiger partial charge in [-0.15, -0.1) is 0 Å². The van der Waals surface area contributed by atoms with Gasteiger partial charge in [0, 0.05) is 5.56 Å². The summed E-state index contributed by atoms with van der Waals surface area (Å²) < 4.78 is 46.7. The Labute approximate surface area is 209 Å². The van der Waals surface area contributed by atoms with Crippen LogP contribution < -0.4 is 13.7 Å². The molecule has 0 bridgehead atoms. The van der Waals surface area contributed by atoms with Gasteiger partial charge in [0.05, 0.1) is 13.7 Å². The van der Waals surface area contributed by atoms with E-state index in [1.807, 2.05) is 0 Å². The Kier molecular flexibility index (Phi) is 7.70. The van der Waals surface area contributed by atoms with E-state index >= 15 is 0 Å². The summed E-state index contributed by atoms with van der Waals surface area (Å²) in [5.74, 6) is 0.518. The highest BCUT2D eigenvalue weighted by atomic mass is 32.2. The molecular weight excluding hydrogens is 482 g/mol. The second kappa shape index (κ2) is 11.1. The summed E-state index contributed by atoms with van der Waals surface area (Å²) >= 11 is 0. The molecule has 1 aliphatic rings. The molecule has 0 spiro atoms. The zero-order chi connectivity index (χ0) is 25.5. The lowest BCUT2D eigenvalue weighted by Gasteiger charge is -2.11. The maximum Gasteiger partial charge on any atom is 0.363 e. The first kappa shape index (κ1) is 25.0. The summed E-state index contributed by atoms with van der Waals surface area (Å²) in [6.45, 7) is 2.74. The van der Waals surface area contributed by atoms with Gasteiger partial charge in [0.1, 0.15) is 10.6 Å². The van der Waals surface area contributed by atoms with Gasteiger partial charge in [-0.25, -0.2) is 9.79 Å². The van der Waals surface area contributed by atoms with E-state index in [4.69, 9.17) is 18.4 Å². The van der Waals surface area contributed by atoms with Crippen molar-refractivity contribution in [2.75, 3.05) is 13.7 Å². The molecule has 0 N–H and O–H groups in total. The number of methoxy groups -OCH3 is 1. The molecule has 0 amide bonds. The minimum atomic E-state index is -4.04. The van der Waals surface area contributed by atoms with Crippen molar-refractivity contribution >= 4 is 28.1 Å². The average Bonchev–Trinajstić information content (AvgIpc) is 3.25. The van der Waals surface area contributed by atoms with E-state index in [-0.39, 0.29) is 28.0 Å². The third-order valence-electron chi connectivity index (χ3n) is 5.21. The number of esters is 1. The molecule has 0 saturated carbocycles. The van der Waals surface area contributed by atoms with E-state index in [2.05, 4.69) is 11.9 Å². The number of hydrogen-bond acceptors (Lipinski definition) is 8. The molecule has 4 rings (SSSR count). The van der Waals surface area contributed by atoms with Crippen molar-refractivity contribution in [2.24, 2.45) is 4.99 Å². The maximum atomic E-state index is 12.6.